The zero-order valence-corrected chi connectivity index (χ0v) is 9.73. The highest BCUT2D eigenvalue weighted by molar-refractivity contribution is 6.45. The molecule has 0 aliphatic carbocycles. The van der Waals surface area contributed by atoms with Crippen LogP contribution in [-0.4, -0.2) is 11.6 Å². The summed E-state index contributed by atoms with van der Waals surface area (Å²) in [6.45, 7) is 1.85. The first-order chi connectivity index (χ1) is 7.06. The van der Waals surface area contributed by atoms with Crippen LogP contribution in [0.3, 0.4) is 0 Å². The topological polar surface area (TPSA) is 34.1 Å². The van der Waals surface area contributed by atoms with Crippen molar-refractivity contribution in [3.05, 3.63) is 33.8 Å². The Morgan fingerprint density at radius 2 is 1.87 bits per heavy atom. The van der Waals surface area contributed by atoms with E-state index in [0.29, 0.717) is 17.0 Å². The number of Topliss-reactive ketones (excluding diaryl/α,β-unsaturated/α-hetero) is 2. The summed E-state index contributed by atoms with van der Waals surface area (Å²) in [4.78, 5) is 22.9. The third-order valence-electron chi connectivity index (χ3n) is 1.91. The predicted molar refractivity (Wildman–Crippen MR) is 60.7 cm³/mol. The van der Waals surface area contributed by atoms with E-state index >= 15 is 0 Å². The van der Waals surface area contributed by atoms with Crippen LogP contribution in [-0.2, 0) is 4.79 Å². The standard InChI is InChI=1S/C11H10Cl2O2/c1-2-3-10(14)11(15)7-4-5-8(12)9(13)6-7/h4-6H,2-3H2,1H3. The summed E-state index contributed by atoms with van der Waals surface area (Å²) in [7, 11) is 0. The number of halogens is 2. The summed E-state index contributed by atoms with van der Waals surface area (Å²) in [6, 6.07) is 4.43. The first kappa shape index (κ1) is 12.2. The molecule has 0 spiro atoms. The number of ketones is 2. The van der Waals surface area contributed by atoms with E-state index in [1.807, 2.05) is 6.92 Å². The Morgan fingerprint density at radius 1 is 1.20 bits per heavy atom. The maximum absolute atomic E-state index is 11.5. The molecule has 0 N–H and O–H groups in total. The summed E-state index contributed by atoms with van der Waals surface area (Å²) in [6.07, 6.45) is 0.922. The zero-order valence-electron chi connectivity index (χ0n) is 8.22. The highest BCUT2D eigenvalue weighted by Crippen LogP contribution is 2.23. The van der Waals surface area contributed by atoms with E-state index in [1.165, 1.54) is 18.2 Å². The normalized spacial score (nSPS) is 10.1. The highest BCUT2D eigenvalue weighted by atomic mass is 35.5. The fourth-order valence-electron chi connectivity index (χ4n) is 1.14. The fraction of sp³-hybridized carbons (Fsp3) is 0.273. The second-order valence-electron chi connectivity index (χ2n) is 3.13. The van der Waals surface area contributed by atoms with Crippen molar-refractivity contribution in [2.75, 3.05) is 0 Å². The van der Waals surface area contributed by atoms with E-state index < -0.39 is 11.6 Å². The number of rotatable bonds is 4. The van der Waals surface area contributed by atoms with Crippen molar-refractivity contribution in [1.29, 1.82) is 0 Å². The van der Waals surface area contributed by atoms with Gasteiger partial charge in [-0.25, -0.2) is 0 Å². The van der Waals surface area contributed by atoms with Gasteiger partial charge < -0.3 is 0 Å². The molecule has 0 bridgehead atoms. The van der Waals surface area contributed by atoms with Crippen LogP contribution in [0.5, 0.6) is 0 Å². The molecule has 15 heavy (non-hydrogen) atoms. The number of benzene rings is 1. The second-order valence-corrected chi connectivity index (χ2v) is 3.95. The molecular formula is C11H10Cl2O2. The molecule has 80 valence electrons. The smallest absolute Gasteiger partial charge is 0.228 e. The SMILES string of the molecule is CCCC(=O)C(=O)c1ccc(Cl)c(Cl)c1. The number of hydrogen-bond donors (Lipinski definition) is 0. The van der Waals surface area contributed by atoms with Crippen LogP contribution >= 0.6 is 23.2 Å². The quantitative estimate of drug-likeness (QED) is 0.600. The van der Waals surface area contributed by atoms with Crippen LogP contribution in [0.1, 0.15) is 30.1 Å². The molecule has 0 aliphatic rings. The van der Waals surface area contributed by atoms with Crippen molar-refractivity contribution < 1.29 is 9.59 Å². The number of carbonyl (C=O) groups is 2. The van der Waals surface area contributed by atoms with Crippen molar-refractivity contribution in [3.63, 3.8) is 0 Å². The Balaban J connectivity index is 2.92. The largest absolute Gasteiger partial charge is 0.290 e. The van der Waals surface area contributed by atoms with Gasteiger partial charge in [-0.1, -0.05) is 30.1 Å². The van der Waals surface area contributed by atoms with Crippen LogP contribution in [0.15, 0.2) is 18.2 Å². The van der Waals surface area contributed by atoms with Gasteiger partial charge in [0.15, 0.2) is 0 Å². The molecular weight excluding hydrogens is 235 g/mol. The molecule has 0 fully saturated rings. The maximum atomic E-state index is 11.5. The van der Waals surface area contributed by atoms with Gasteiger partial charge in [-0.05, 0) is 24.6 Å². The lowest BCUT2D eigenvalue weighted by Crippen LogP contribution is -2.13. The predicted octanol–water partition coefficient (Wildman–Crippen LogP) is 3.55. The Morgan fingerprint density at radius 3 is 2.40 bits per heavy atom. The molecule has 0 aromatic heterocycles. The van der Waals surface area contributed by atoms with E-state index in [4.69, 9.17) is 23.2 Å². The molecule has 0 saturated heterocycles. The molecule has 2 nitrogen and oxygen atoms in total. The molecule has 0 unspecified atom stereocenters. The minimum Gasteiger partial charge on any atom is -0.290 e. The zero-order chi connectivity index (χ0) is 11.4. The molecule has 0 atom stereocenters. The fourth-order valence-corrected chi connectivity index (χ4v) is 1.44. The van der Waals surface area contributed by atoms with Gasteiger partial charge in [-0.15, -0.1) is 0 Å². The maximum Gasteiger partial charge on any atom is 0.228 e. The van der Waals surface area contributed by atoms with Crippen LogP contribution in [0.2, 0.25) is 10.0 Å². The van der Waals surface area contributed by atoms with Crippen molar-refractivity contribution >= 4 is 34.8 Å². The highest BCUT2D eigenvalue weighted by Gasteiger charge is 2.15. The van der Waals surface area contributed by atoms with Crippen LogP contribution in [0.4, 0.5) is 0 Å². The summed E-state index contributed by atoms with van der Waals surface area (Å²) in [5.41, 5.74) is 0.294. The van der Waals surface area contributed by atoms with Crippen LogP contribution in [0, 0.1) is 0 Å². The van der Waals surface area contributed by atoms with Crippen LogP contribution < -0.4 is 0 Å². The van der Waals surface area contributed by atoms with Gasteiger partial charge in [-0.3, -0.25) is 9.59 Å². The van der Waals surface area contributed by atoms with Crippen molar-refractivity contribution in [3.8, 4) is 0 Å². The first-order valence-corrected chi connectivity index (χ1v) is 5.34. The summed E-state index contributed by atoms with van der Waals surface area (Å²) in [5, 5.41) is 0.656. The molecule has 0 radical (unpaired) electrons. The van der Waals surface area contributed by atoms with Gasteiger partial charge in [0.25, 0.3) is 0 Å². The average Bonchev–Trinajstić information content (AvgIpc) is 2.21. The van der Waals surface area contributed by atoms with E-state index in [1.54, 1.807) is 0 Å². The minimum absolute atomic E-state index is 0.263. The Bertz CT molecular complexity index is 400. The van der Waals surface area contributed by atoms with E-state index in [0.717, 1.165) is 0 Å². The summed E-state index contributed by atoms with van der Waals surface area (Å²) in [5.74, 6) is -0.897. The Hall–Kier alpha value is -0.860. The van der Waals surface area contributed by atoms with Crippen molar-refractivity contribution in [1.82, 2.24) is 0 Å². The van der Waals surface area contributed by atoms with Gasteiger partial charge in [-0.2, -0.15) is 0 Å². The summed E-state index contributed by atoms with van der Waals surface area (Å²) < 4.78 is 0. The minimum atomic E-state index is -0.504. The lowest BCUT2D eigenvalue weighted by molar-refractivity contribution is -0.115. The molecule has 0 aliphatic heterocycles. The van der Waals surface area contributed by atoms with Gasteiger partial charge >= 0.3 is 0 Å². The Labute approximate surface area is 98.2 Å². The van der Waals surface area contributed by atoms with Crippen LogP contribution in [0.25, 0.3) is 0 Å². The lowest BCUT2D eigenvalue weighted by atomic mass is 10.0. The molecule has 4 heteroatoms. The number of carbonyl (C=O) groups excluding carboxylic acids is 2. The molecule has 1 aromatic rings. The molecule has 1 aromatic carbocycles. The third-order valence-corrected chi connectivity index (χ3v) is 2.65. The molecule has 0 amide bonds. The number of hydrogen-bond acceptors (Lipinski definition) is 2. The lowest BCUT2D eigenvalue weighted by Gasteiger charge is -2.01. The first-order valence-electron chi connectivity index (χ1n) is 4.58. The van der Waals surface area contributed by atoms with Gasteiger partial charge in [0.1, 0.15) is 0 Å². The molecule has 1 rings (SSSR count). The van der Waals surface area contributed by atoms with Crippen molar-refractivity contribution in [2.24, 2.45) is 0 Å². The van der Waals surface area contributed by atoms with Gasteiger partial charge in [0, 0.05) is 12.0 Å². The Kier molecular flexibility index (Phi) is 4.30. The molecule has 0 saturated carbocycles. The summed E-state index contributed by atoms with van der Waals surface area (Å²) >= 11 is 11.4. The monoisotopic (exact) mass is 244 g/mol. The second kappa shape index (κ2) is 5.29. The van der Waals surface area contributed by atoms with Gasteiger partial charge in [0.2, 0.25) is 11.6 Å². The van der Waals surface area contributed by atoms with Crippen molar-refractivity contribution in [2.45, 2.75) is 19.8 Å². The van der Waals surface area contributed by atoms with Gasteiger partial charge in [0.05, 0.1) is 10.0 Å². The third kappa shape index (κ3) is 3.05. The van der Waals surface area contributed by atoms with E-state index in [2.05, 4.69) is 0 Å². The van der Waals surface area contributed by atoms with E-state index in [9.17, 15) is 9.59 Å². The average molecular weight is 245 g/mol. The van der Waals surface area contributed by atoms with E-state index in [-0.39, 0.29) is 11.4 Å². The molecule has 0 heterocycles.